The van der Waals surface area contributed by atoms with Crippen LogP contribution in [0.4, 0.5) is 5.69 Å². The molecule has 4 atom stereocenters. The second-order valence-corrected chi connectivity index (χ2v) is 6.25. The van der Waals surface area contributed by atoms with Gasteiger partial charge in [-0.25, -0.2) is 4.90 Å². The van der Waals surface area contributed by atoms with Crippen LogP contribution in [0.2, 0.25) is 0 Å². The van der Waals surface area contributed by atoms with Crippen LogP contribution in [0.1, 0.15) is 24.2 Å². The Hall–Kier alpha value is -2.27. The van der Waals surface area contributed by atoms with E-state index >= 15 is 0 Å². The molecule has 0 radical (unpaired) electrons. The number of Topliss-reactive ketones (excluding diaryl/α,β-unsaturated/α-hetero) is 1. The van der Waals surface area contributed by atoms with Gasteiger partial charge in [0.05, 0.1) is 29.2 Å². The molecule has 0 aliphatic carbocycles. The lowest BCUT2D eigenvalue weighted by Gasteiger charge is -2.24. The predicted molar refractivity (Wildman–Crippen MR) is 78.3 cm³/mol. The van der Waals surface area contributed by atoms with E-state index in [1.165, 1.54) is 11.8 Å². The number of ether oxygens (including phenoxy) is 1. The fourth-order valence-electron chi connectivity index (χ4n) is 3.77. The fourth-order valence-corrected chi connectivity index (χ4v) is 3.77. The maximum atomic E-state index is 12.8. The van der Waals surface area contributed by atoms with Crippen molar-refractivity contribution in [2.45, 2.75) is 25.6 Å². The lowest BCUT2D eigenvalue weighted by atomic mass is 9.78. The highest BCUT2D eigenvalue weighted by Gasteiger charge is 2.66. The SMILES string of the molecule is CC(=O)c1cccc(N2C(=O)[C@@H]3[C@@H](C2=O)[C@]2(C)C=C[C@H]3O2)c1. The number of amides is 2. The van der Waals surface area contributed by atoms with E-state index in [2.05, 4.69) is 0 Å². The van der Waals surface area contributed by atoms with Gasteiger partial charge >= 0.3 is 0 Å². The fraction of sp³-hybridized carbons (Fsp3) is 0.353. The van der Waals surface area contributed by atoms with E-state index < -0.39 is 17.4 Å². The molecule has 2 bridgehead atoms. The van der Waals surface area contributed by atoms with Crippen LogP contribution in [0.5, 0.6) is 0 Å². The zero-order chi connectivity index (χ0) is 15.6. The molecule has 4 rings (SSSR count). The van der Waals surface area contributed by atoms with Crippen LogP contribution >= 0.6 is 0 Å². The van der Waals surface area contributed by atoms with E-state index in [0.717, 1.165) is 0 Å². The van der Waals surface area contributed by atoms with Gasteiger partial charge < -0.3 is 4.74 Å². The largest absolute Gasteiger partial charge is 0.362 e. The molecule has 5 nitrogen and oxygen atoms in total. The minimum Gasteiger partial charge on any atom is -0.362 e. The van der Waals surface area contributed by atoms with Crippen molar-refractivity contribution in [3.63, 3.8) is 0 Å². The second kappa shape index (κ2) is 4.14. The Morgan fingerprint density at radius 2 is 2.05 bits per heavy atom. The van der Waals surface area contributed by atoms with E-state index in [9.17, 15) is 14.4 Å². The Morgan fingerprint density at radius 3 is 2.73 bits per heavy atom. The maximum Gasteiger partial charge on any atom is 0.241 e. The van der Waals surface area contributed by atoms with Crippen molar-refractivity contribution in [3.8, 4) is 0 Å². The summed E-state index contributed by atoms with van der Waals surface area (Å²) in [5.74, 6) is -1.52. The summed E-state index contributed by atoms with van der Waals surface area (Å²) in [6.45, 7) is 3.30. The molecule has 2 amide bonds. The van der Waals surface area contributed by atoms with E-state index in [1.54, 1.807) is 24.3 Å². The first-order chi connectivity index (χ1) is 10.4. The molecule has 3 heterocycles. The van der Waals surface area contributed by atoms with Gasteiger partial charge in [0.2, 0.25) is 11.8 Å². The minimum atomic E-state index is -0.699. The number of nitrogens with zero attached hydrogens (tertiary/aromatic N) is 1. The number of fused-ring (bicyclic) bond motifs is 5. The average molecular weight is 297 g/mol. The van der Waals surface area contributed by atoms with Gasteiger partial charge in [-0.15, -0.1) is 0 Å². The summed E-state index contributed by atoms with van der Waals surface area (Å²) in [7, 11) is 0. The summed E-state index contributed by atoms with van der Waals surface area (Å²) < 4.78 is 5.78. The number of carbonyl (C=O) groups is 3. The highest BCUT2D eigenvalue weighted by atomic mass is 16.5. The first kappa shape index (κ1) is 13.4. The summed E-state index contributed by atoms with van der Waals surface area (Å²) in [4.78, 5) is 38.2. The van der Waals surface area contributed by atoms with Gasteiger partial charge in [-0.05, 0) is 26.0 Å². The van der Waals surface area contributed by atoms with Crippen LogP contribution in [0.25, 0.3) is 0 Å². The number of hydrogen-bond acceptors (Lipinski definition) is 4. The van der Waals surface area contributed by atoms with Crippen molar-refractivity contribution in [1.82, 2.24) is 0 Å². The predicted octanol–water partition coefficient (Wildman–Crippen LogP) is 1.72. The van der Waals surface area contributed by atoms with E-state index in [-0.39, 0.29) is 23.7 Å². The number of carbonyl (C=O) groups excluding carboxylic acids is 3. The Morgan fingerprint density at radius 1 is 1.27 bits per heavy atom. The molecule has 2 saturated heterocycles. The minimum absolute atomic E-state index is 0.0989. The zero-order valence-electron chi connectivity index (χ0n) is 12.3. The Bertz CT molecular complexity index is 753. The quantitative estimate of drug-likeness (QED) is 0.474. The van der Waals surface area contributed by atoms with Gasteiger partial charge in [0.15, 0.2) is 5.78 Å². The normalized spacial score (nSPS) is 35.4. The van der Waals surface area contributed by atoms with E-state index in [0.29, 0.717) is 11.3 Å². The monoisotopic (exact) mass is 297 g/mol. The molecule has 22 heavy (non-hydrogen) atoms. The number of anilines is 1. The van der Waals surface area contributed by atoms with Gasteiger partial charge in [-0.1, -0.05) is 24.3 Å². The first-order valence-electron chi connectivity index (χ1n) is 7.28. The van der Waals surface area contributed by atoms with Crippen molar-refractivity contribution >= 4 is 23.3 Å². The highest BCUT2D eigenvalue weighted by Crippen LogP contribution is 2.52. The number of imide groups is 1. The first-order valence-corrected chi connectivity index (χ1v) is 7.28. The van der Waals surface area contributed by atoms with Crippen LogP contribution in [-0.2, 0) is 14.3 Å². The number of hydrogen-bond donors (Lipinski definition) is 0. The van der Waals surface area contributed by atoms with Crippen molar-refractivity contribution in [2.24, 2.45) is 11.8 Å². The third-order valence-electron chi connectivity index (χ3n) is 4.84. The second-order valence-electron chi connectivity index (χ2n) is 6.25. The smallest absolute Gasteiger partial charge is 0.241 e. The van der Waals surface area contributed by atoms with Crippen molar-refractivity contribution in [3.05, 3.63) is 42.0 Å². The molecule has 1 aromatic carbocycles. The molecule has 0 saturated carbocycles. The van der Waals surface area contributed by atoms with Crippen LogP contribution in [-0.4, -0.2) is 29.3 Å². The number of rotatable bonds is 2. The molecule has 0 N–H and O–H groups in total. The molecule has 2 fully saturated rings. The van der Waals surface area contributed by atoms with Crippen molar-refractivity contribution in [1.29, 1.82) is 0 Å². The van der Waals surface area contributed by atoms with Gasteiger partial charge in [-0.3, -0.25) is 14.4 Å². The Balaban J connectivity index is 1.77. The third-order valence-corrected chi connectivity index (χ3v) is 4.84. The third kappa shape index (κ3) is 1.54. The number of ketones is 1. The standard InChI is InChI=1S/C17H15NO4/c1-9(19)10-4-3-5-11(8-10)18-15(20)13-12-6-7-17(2,22-12)14(13)16(18)21/h3-8,12-14H,1-2H3/t12-,13+,14+,17+/m1/s1. The summed E-state index contributed by atoms with van der Waals surface area (Å²) >= 11 is 0. The van der Waals surface area contributed by atoms with E-state index in [4.69, 9.17) is 4.74 Å². The molecule has 5 heteroatoms. The summed E-state index contributed by atoms with van der Waals surface area (Å²) in [6, 6.07) is 6.64. The molecule has 0 aromatic heterocycles. The average Bonchev–Trinajstić information content (AvgIpc) is 3.08. The Labute approximate surface area is 127 Å². The Kier molecular flexibility index (Phi) is 2.52. The lowest BCUT2D eigenvalue weighted by molar-refractivity contribution is -0.126. The van der Waals surface area contributed by atoms with Gasteiger partial charge in [0, 0.05) is 5.56 Å². The van der Waals surface area contributed by atoms with Gasteiger partial charge in [-0.2, -0.15) is 0 Å². The molecule has 3 aliphatic heterocycles. The topological polar surface area (TPSA) is 63.7 Å². The van der Waals surface area contributed by atoms with Crippen LogP contribution in [0.15, 0.2) is 36.4 Å². The molecular weight excluding hydrogens is 282 g/mol. The van der Waals surface area contributed by atoms with Crippen molar-refractivity contribution in [2.75, 3.05) is 4.90 Å². The van der Waals surface area contributed by atoms with E-state index in [1.807, 2.05) is 19.1 Å². The van der Waals surface area contributed by atoms with Gasteiger partial charge in [0.1, 0.15) is 0 Å². The van der Waals surface area contributed by atoms with Crippen molar-refractivity contribution < 1.29 is 19.1 Å². The van der Waals surface area contributed by atoms with Gasteiger partial charge in [0.25, 0.3) is 0 Å². The van der Waals surface area contributed by atoms with Crippen LogP contribution in [0.3, 0.4) is 0 Å². The summed E-state index contributed by atoms with van der Waals surface area (Å²) in [6.07, 6.45) is 3.41. The zero-order valence-corrected chi connectivity index (χ0v) is 12.3. The molecule has 112 valence electrons. The number of benzene rings is 1. The lowest BCUT2D eigenvalue weighted by Crippen LogP contribution is -2.38. The maximum absolute atomic E-state index is 12.8. The molecule has 0 spiro atoms. The van der Waals surface area contributed by atoms with Crippen LogP contribution < -0.4 is 4.90 Å². The highest BCUT2D eigenvalue weighted by molar-refractivity contribution is 6.23. The van der Waals surface area contributed by atoms with Crippen LogP contribution in [0, 0.1) is 11.8 Å². The summed E-state index contributed by atoms with van der Waals surface area (Å²) in [5.41, 5.74) is 0.244. The molecule has 1 aromatic rings. The molecular formula is C17H15NO4. The molecule has 0 unspecified atom stereocenters. The summed E-state index contributed by atoms with van der Waals surface area (Å²) in [5, 5.41) is 0. The molecule has 3 aliphatic rings.